The maximum atomic E-state index is 12.5. The highest BCUT2D eigenvalue weighted by Gasteiger charge is 2.31. The highest BCUT2D eigenvalue weighted by molar-refractivity contribution is 5.85. The minimum atomic E-state index is -4.30. The molecule has 1 aliphatic rings. The SMILES string of the molecule is Cl.Cl.FC(F)(F)c1ccnc(N2CCNCC2)c1. The van der Waals surface area contributed by atoms with Crippen LogP contribution in [0.2, 0.25) is 0 Å². The van der Waals surface area contributed by atoms with Crippen molar-refractivity contribution in [1.82, 2.24) is 10.3 Å². The number of halogens is 5. The Balaban J connectivity index is 0.00000144. The molecule has 2 heterocycles. The van der Waals surface area contributed by atoms with Crippen molar-refractivity contribution in [2.24, 2.45) is 0 Å². The number of pyridine rings is 1. The minimum absolute atomic E-state index is 0. The second kappa shape index (κ2) is 7.01. The van der Waals surface area contributed by atoms with E-state index < -0.39 is 11.7 Å². The van der Waals surface area contributed by atoms with Crippen LogP contribution in [-0.2, 0) is 6.18 Å². The standard InChI is InChI=1S/C10H12F3N3.2ClH/c11-10(12,13)8-1-2-15-9(7-8)16-5-3-14-4-6-16;;/h1-2,7,14H,3-6H2;2*1H. The van der Waals surface area contributed by atoms with Gasteiger partial charge in [-0.15, -0.1) is 24.8 Å². The van der Waals surface area contributed by atoms with Gasteiger partial charge in [-0.05, 0) is 12.1 Å². The quantitative estimate of drug-likeness (QED) is 0.863. The monoisotopic (exact) mass is 303 g/mol. The average Bonchev–Trinajstić information content (AvgIpc) is 2.29. The molecule has 0 spiro atoms. The van der Waals surface area contributed by atoms with Crippen LogP contribution >= 0.6 is 24.8 Å². The molecule has 8 heteroatoms. The summed E-state index contributed by atoms with van der Waals surface area (Å²) in [6.07, 6.45) is -3.09. The third kappa shape index (κ3) is 4.19. The van der Waals surface area contributed by atoms with Gasteiger partial charge in [0.2, 0.25) is 0 Å². The van der Waals surface area contributed by atoms with E-state index in [0.717, 1.165) is 25.2 Å². The predicted molar refractivity (Wildman–Crippen MR) is 68.8 cm³/mol. The molecule has 0 radical (unpaired) electrons. The van der Waals surface area contributed by atoms with Crippen LogP contribution in [0.3, 0.4) is 0 Å². The Morgan fingerprint density at radius 1 is 1.17 bits per heavy atom. The molecule has 1 fully saturated rings. The lowest BCUT2D eigenvalue weighted by Crippen LogP contribution is -2.43. The van der Waals surface area contributed by atoms with E-state index in [9.17, 15) is 13.2 Å². The summed E-state index contributed by atoms with van der Waals surface area (Å²) in [5.41, 5.74) is -0.643. The summed E-state index contributed by atoms with van der Waals surface area (Å²) in [5.74, 6) is 0.399. The molecule has 2 rings (SSSR count). The molecule has 1 N–H and O–H groups in total. The molecule has 0 aliphatic carbocycles. The van der Waals surface area contributed by atoms with Crippen molar-refractivity contribution in [2.75, 3.05) is 31.1 Å². The number of hydrogen-bond acceptors (Lipinski definition) is 3. The fourth-order valence-electron chi connectivity index (χ4n) is 1.66. The highest BCUT2D eigenvalue weighted by atomic mass is 35.5. The summed E-state index contributed by atoms with van der Waals surface area (Å²) < 4.78 is 37.4. The van der Waals surface area contributed by atoms with E-state index in [2.05, 4.69) is 10.3 Å². The number of alkyl halides is 3. The summed E-state index contributed by atoms with van der Waals surface area (Å²) in [6.45, 7) is 2.93. The summed E-state index contributed by atoms with van der Waals surface area (Å²) in [6, 6.07) is 2.09. The molecule has 1 saturated heterocycles. The number of aromatic nitrogens is 1. The van der Waals surface area contributed by atoms with Crippen molar-refractivity contribution in [3.05, 3.63) is 23.9 Å². The Morgan fingerprint density at radius 2 is 1.78 bits per heavy atom. The van der Waals surface area contributed by atoms with Gasteiger partial charge in [0, 0.05) is 32.4 Å². The summed E-state index contributed by atoms with van der Waals surface area (Å²) >= 11 is 0. The van der Waals surface area contributed by atoms with Gasteiger partial charge in [0.15, 0.2) is 0 Å². The molecular weight excluding hydrogens is 290 g/mol. The van der Waals surface area contributed by atoms with Crippen molar-refractivity contribution < 1.29 is 13.2 Å². The van der Waals surface area contributed by atoms with Crippen LogP contribution in [0.15, 0.2) is 18.3 Å². The van der Waals surface area contributed by atoms with Gasteiger partial charge in [-0.1, -0.05) is 0 Å². The second-order valence-electron chi connectivity index (χ2n) is 3.64. The van der Waals surface area contributed by atoms with Crippen LogP contribution in [0.5, 0.6) is 0 Å². The number of nitrogens with zero attached hydrogens (tertiary/aromatic N) is 2. The van der Waals surface area contributed by atoms with Crippen LogP contribution in [-0.4, -0.2) is 31.2 Å². The van der Waals surface area contributed by atoms with Gasteiger partial charge in [-0.2, -0.15) is 13.2 Å². The van der Waals surface area contributed by atoms with Crippen LogP contribution < -0.4 is 10.2 Å². The number of nitrogens with one attached hydrogen (secondary N) is 1. The Morgan fingerprint density at radius 3 is 2.33 bits per heavy atom. The first kappa shape index (κ1) is 17.3. The van der Waals surface area contributed by atoms with Gasteiger partial charge in [-0.3, -0.25) is 0 Å². The molecule has 0 saturated carbocycles. The van der Waals surface area contributed by atoms with Gasteiger partial charge < -0.3 is 10.2 Å². The van der Waals surface area contributed by atoms with Crippen molar-refractivity contribution in [2.45, 2.75) is 6.18 Å². The molecule has 1 aromatic rings. The maximum Gasteiger partial charge on any atom is 0.416 e. The molecule has 1 aliphatic heterocycles. The van der Waals surface area contributed by atoms with Gasteiger partial charge in [-0.25, -0.2) is 4.98 Å². The molecule has 0 amide bonds. The third-order valence-electron chi connectivity index (χ3n) is 2.51. The minimum Gasteiger partial charge on any atom is -0.354 e. The van der Waals surface area contributed by atoms with Gasteiger partial charge in [0.25, 0.3) is 0 Å². The zero-order valence-electron chi connectivity index (χ0n) is 9.41. The molecule has 18 heavy (non-hydrogen) atoms. The van der Waals surface area contributed by atoms with Crippen LogP contribution in [0, 0.1) is 0 Å². The Hall–Kier alpha value is -0.720. The predicted octanol–water partition coefficient (Wildman–Crippen LogP) is 2.35. The van der Waals surface area contributed by atoms with E-state index in [1.165, 1.54) is 6.20 Å². The lowest BCUT2D eigenvalue weighted by atomic mass is 10.2. The lowest BCUT2D eigenvalue weighted by Gasteiger charge is -2.28. The molecule has 0 bridgehead atoms. The van der Waals surface area contributed by atoms with Crippen LogP contribution in [0.4, 0.5) is 19.0 Å². The topological polar surface area (TPSA) is 28.2 Å². The van der Waals surface area contributed by atoms with E-state index in [1.807, 2.05) is 4.90 Å². The van der Waals surface area contributed by atoms with E-state index >= 15 is 0 Å². The van der Waals surface area contributed by atoms with E-state index in [4.69, 9.17) is 0 Å². The van der Waals surface area contributed by atoms with Gasteiger partial charge in [0.1, 0.15) is 5.82 Å². The van der Waals surface area contributed by atoms with E-state index in [0.29, 0.717) is 18.9 Å². The molecular formula is C10H14Cl2F3N3. The maximum absolute atomic E-state index is 12.5. The van der Waals surface area contributed by atoms with Gasteiger partial charge >= 0.3 is 6.18 Å². The van der Waals surface area contributed by atoms with E-state index in [-0.39, 0.29) is 24.8 Å². The molecule has 0 atom stereocenters. The zero-order valence-corrected chi connectivity index (χ0v) is 11.0. The summed E-state index contributed by atoms with van der Waals surface area (Å²) in [5, 5.41) is 3.14. The third-order valence-corrected chi connectivity index (χ3v) is 2.51. The first-order chi connectivity index (χ1) is 7.57. The van der Waals surface area contributed by atoms with Crippen molar-refractivity contribution >= 4 is 30.6 Å². The zero-order chi connectivity index (χ0) is 11.6. The molecule has 104 valence electrons. The number of piperazine rings is 1. The average molecular weight is 304 g/mol. The van der Waals surface area contributed by atoms with Gasteiger partial charge in [0.05, 0.1) is 5.56 Å². The molecule has 0 aromatic carbocycles. The Kier molecular flexibility index (Phi) is 6.73. The first-order valence-corrected chi connectivity index (χ1v) is 5.06. The molecule has 1 aromatic heterocycles. The first-order valence-electron chi connectivity index (χ1n) is 5.06. The molecule has 0 unspecified atom stereocenters. The smallest absolute Gasteiger partial charge is 0.354 e. The number of anilines is 1. The van der Waals surface area contributed by atoms with Crippen LogP contribution in [0.25, 0.3) is 0 Å². The second-order valence-corrected chi connectivity index (χ2v) is 3.64. The largest absolute Gasteiger partial charge is 0.416 e. The lowest BCUT2D eigenvalue weighted by molar-refractivity contribution is -0.137. The highest BCUT2D eigenvalue weighted by Crippen LogP contribution is 2.30. The summed E-state index contributed by atoms with van der Waals surface area (Å²) in [7, 11) is 0. The van der Waals surface area contributed by atoms with Crippen LogP contribution in [0.1, 0.15) is 5.56 Å². The number of rotatable bonds is 1. The normalized spacial score (nSPS) is 15.6. The Labute approximate surface area is 116 Å². The van der Waals surface area contributed by atoms with E-state index in [1.54, 1.807) is 0 Å². The van der Waals surface area contributed by atoms with Crippen molar-refractivity contribution in [3.8, 4) is 0 Å². The fourth-order valence-corrected chi connectivity index (χ4v) is 1.66. The van der Waals surface area contributed by atoms with Crippen molar-refractivity contribution in [1.29, 1.82) is 0 Å². The fraction of sp³-hybridized carbons (Fsp3) is 0.500. The summed E-state index contributed by atoms with van der Waals surface area (Å²) in [4.78, 5) is 5.83. The number of hydrogen-bond donors (Lipinski definition) is 1. The molecule has 3 nitrogen and oxygen atoms in total. The van der Waals surface area contributed by atoms with Crippen molar-refractivity contribution in [3.63, 3.8) is 0 Å². The Bertz CT molecular complexity index is 368.